The quantitative estimate of drug-likeness (QED) is 0.744. The van der Waals surface area contributed by atoms with E-state index in [2.05, 4.69) is 12.0 Å². The molecule has 0 aliphatic rings. The molecule has 0 spiro atoms. The normalized spacial score (nSPS) is 10.7. The summed E-state index contributed by atoms with van der Waals surface area (Å²) in [5.41, 5.74) is 0.579. The van der Waals surface area contributed by atoms with Crippen LogP contribution >= 0.6 is 0 Å². The summed E-state index contributed by atoms with van der Waals surface area (Å²) in [5, 5.41) is 4.13. The zero-order valence-corrected chi connectivity index (χ0v) is 10.1. The number of furan rings is 1. The van der Waals surface area contributed by atoms with Crippen molar-refractivity contribution in [3.63, 3.8) is 0 Å². The fraction of sp³-hybridized carbons (Fsp3) is 0.385. The molecule has 0 saturated heterocycles. The number of carbonyl (C=O) groups excluding carboxylic acids is 1. The summed E-state index contributed by atoms with van der Waals surface area (Å²) >= 11 is 0. The third-order valence-electron chi connectivity index (χ3n) is 2.58. The van der Waals surface area contributed by atoms with Gasteiger partial charge in [-0.15, -0.1) is 0 Å². The molecule has 0 saturated carbocycles. The first-order valence-corrected chi connectivity index (χ1v) is 5.90. The van der Waals surface area contributed by atoms with Gasteiger partial charge in [-0.2, -0.15) is 5.10 Å². The molecule has 0 fully saturated rings. The number of ketones is 1. The molecule has 4 nitrogen and oxygen atoms in total. The van der Waals surface area contributed by atoms with E-state index < -0.39 is 0 Å². The molecule has 2 heterocycles. The molecule has 0 bridgehead atoms. The minimum absolute atomic E-state index is 0.105. The van der Waals surface area contributed by atoms with Gasteiger partial charge in [0.15, 0.2) is 5.76 Å². The molecular formula is C13H16N2O2. The van der Waals surface area contributed by atoms with Crippen molar-refractivity contribution >= 4 is 5.78 Å². The van der Waals surface area contributed by atoms with Gasteiger partial charge in [0.25, 0.3) is 0 Å². The fourth-order valence-electron chi connectivity index (χ4n) is 1.66. The molecule has 2 aromatic heterocycles. The third-order valence-corrected chi connectivity index (χ3v) is 2.58. The standard InChI is InChI=1S/C13H16N2O2/c1-3-7-15-9-10(8-14-15)13(16)12-6-5-11(4-2)17-12/h5-6,8-9H,3-4,7H2,1-2H3. The van der Waals surface area contributed by atoms with Gasteiger partial charge in [0, 0.05) is 19.2 Å². The van der Waals surface area contributed by atoms with Crippen molar-refractivity contribution in [2.24, 2.45) is 0 Å². The fourth-order valence-corrected chi connectivity index (χ4v) is 1.66. The Labute approximate surface area is 100 Å². The lowest BCUT2D eigenvalue weighted by molar-refractivity contribution is 0.101. The van der Waals surface area contributed by atoms with Crippen molar-refractivity contribution in [1.29, 1.82) is 0 Å². The second-order valence-electron chi connectivity index (χ2n) is 3.94. The summed E-state index contributed by atoms with van der Waals surface area (Å²) < 4.78 is 7.21. The lowest BCUT2D eigenvalue weighted by atomic mass is 10.2. The molecule has 0 amide bonds. The van der Waals surface area contributed by atoms with Crippen LogP contribution in [0.4, 0.5) is 0 Å². The van der Waals surface area contributed by atoms with Crippen molar-refractivity contribution < 1.29 is 9.21 Å². The van der Waals surface area contributed by atoms with E-state index in [4.69, 9.17) is 4.42 Å². The van der Waals surface area contributed by atoms with Crippen molar-refractivity contribution in [2.75, 3.05) is 0 Å². The van der Waals surface area contributed by atoms with Crippen LogP contribution in [-0.4, -0.2) is 15.6 Å². The molecule has 2 aromatic rings. The molecule has 0 radical (unpaired) electrons. The van der Waals surface area contributed by atoms with E-state index in [1.165, 1.54) is 0 Å². The van der Waals surface area contributed by atoms with Crippen LogP contribution in [-0.2, 0) is 13.0 Å². The largest absolute Gasteiger partial charge is 0.458 e. The predicted octanol–water partition coefficient (Wildman–Crippen LogP) is 2.68. The Bertz CT molecular complexity index is 511. The van der Waals surface area contributed by atoms with Crippen molar-refractivity contribution in [3.8, 4) is 0 Å². The molecule has 0 N–H and O–H groups in total. The molecule has 0 aromatic carbocycles. The van der Waals surface area contributed by atoms with E-state index in [0.29, 0.717) is 11.3 Å². The number of carbonyl (C=O) groups is 1. The minimum Gasteiger partial charge on any atom is -0.458 e. The van der Waals surface area contributed by atoms with Gasteiger partial charge in [-0.05, 0) is 18.6 Å². The summed E-state index contributed by atoms with van der Waals surface area (Å²) in [5.74, 6) is 1.11. The second-order valence-corrected chi connectivity index (χ2v) is 3.94. The van der Waals surface area contributed by atoms with Gasteiger partial charge < -0.3 is 4.42 Å². The summed E-state index contributed by atoms with van der Waals surface area (Å²) in [6, 6.07) is 3.56. The van der Waals surface area contributed by atoms with Crippen molar-refractivity contribution in [2.45, 2.75) is 33.2 Å². The third kappa shape index (κ3) is 2.46. The summed E-state index contributed by atoms with van der Waals surface area (Å²) in [6.45, 7) is 4.89. The first-order chi connectivity index (χ1) is 8.24. The summed E-state index contributed by atoms with van der Waals surface area (Å²) in [7, 11) is 0. The Morgan fingerprint density at radius 1 is 1.41 bits per heavy atom. The SMILES string of the molecule is CCCn1cc(C(=O)c2ccc(CC)o2)cn1. The van der Waals surface area contributed by atoms with E-state index in [0.717, 1.165) is 25.1 Å². The zero-order chi connectivity index (χ0) is 12.3. The van der Waals surface area contributed by atoms with Gasteiger partial charge >= 0.3 is 0 Å². The molecule has 17 heavy (non-hydrogen) atoms. The van der Waals surface area contributed by atoms with Gasteiger partial charge in [-0.3, -0.25) is 9.48 Å². The van der Waals surface area contributed by atoms with Gasteiger partial charge in [0.1, 0.15) is 5.76 Å². The molecule has 4 heteroatoms. The van der Waals surface area contributed by atoms with E-state index in [9.17, 15) is 4.79 Å². The van der Waals surface area contributed by atoms with E-state index >= 15 is 0 Å². The highest BCUT2D eigenvalue weighted by Gasteiger charge is 2.15. The first kappa shape index (κ1) is 11.6. The Morgan fingerprint density at radius 2 is 2.24 bits per heavy atom. The van der Waals surface area contributed by atoms with Crippen LogP contribution in [0.2, 0.25) is 0 Å². The van der Waals surface area contributed by atoms with Crippen LogP contribution < -0.4 is 0 Å². The smallest absolute Gasteiger partial charge is 0.231 e. The maximum atomic E-state index is 12.0. The van der Waals surface area contributed by atoms with Crippen LogP contribution in [0.1, 0.15) is 42.1 Å². The topological polar surface area (TPSA) is 48.0 Å². The van der Waals surface area contributed by atoms with Crippen LogP contribution in [0.25, 0.3) is 0 Å². The van der Waals surface area contributed by atoms with Crippen LogP contribution in [0.15, 0.2) is 28.9 Å². The molecule has 0 aliphatic carbocycles. The second kappa shape index (κ2) is 4.99. The van der Waals surface area contributed by atoms with E-state index in [1.807, 2.05) is 13.0 Å². The zero-order valence-electron chi connectivity index (χ0n) is 10.1. The Morgan fingerprint density at radius 3 is 2.88 bits per heavy atom. The maximum absolute atomic E-state index is 12.0. The highest BCUT2D eigenvalue weighted by Crippen LogP contribution is 2.13. The van der Waals surface area contributed by atoms with E-state index in [-0.39, 0.29) is 5.78 Å². The highest BCUT2D eigenvalue weighted by atomic mass is 16.3. The average molecular weight is 232 g/mol. The molecule has 90 valence electrons. The van der Waals surface area contributed by atoms with Crippen molar-refractivity contribution in [1.82, 2.24) is 9.78 Å². The lowest BCUT2D eigenvalue weighted by Crippen LogP contribution is -1.99. The minimum atomic E-state index is -0.105. The summed E-state index contributed by atoms with van der Waals surface area (Å²) in [6.07, 6.45) is 5.14. The van der Waals surface area contributed by atoms with Crippen LogP contribution in [0.5, 0.6) is 0 Å². The van der Waals surface area contributed by atoms with Gasteiger partial charge in [-0.1, -0.05) is 13.8 Å². The number of aromatic nitrogens is 2. The predicted molar refractivity (Wildman–Crippen MR) is 64.0 cm³/mol. The Balaban J connectivity index is 2.18. The number of aryl methyl sites for hydroxylation is 2. The highest BCUT2D eigenvalue weighted by molar-refractivity contribution is 6.06. The molecule has 0 unspecified atom stereocenters. The molecule has 0 aliphatic heterocycles. The van der Waals surface area contributed by atoms with Crippen LogP contribution in [0, 0.1) is 0 Å². The molecule has 2 rings (SSSR count). The van der Waals surface area contributed by atoms with E-state index in [1.54, 1.807) is 23.1 Å². The maximum Gasteiger partial charge on any atom is 0.231 e. The lowest BCUT2D eigenvalue weighted by Gasteiger charge is -1.95. The number of nitrogens with zero attached hydrogens (tertiary/aromatic N) is 2. The van der Waals surface area contributed by atoms with Crippen LogP contribution in [0.3, 0.4) is 0 Å². The summed E-state index contributed by atoms with van der Waals surface area (Å²) in [4.78, 5) is 12.0. The number of hydrogen-bond acceptors (Lipinski definition) is 3. The van der Waals surface area contributed by atoms with Gasteiger partial charge in [0.05, 0.1) is 11.8 Å². The van der Waals surface area contributed by atoms with Gasteiger partial charge in [0.2, 0.25) is 5.78 Å². The molecular weight excluding hydrogens is 216 g/mol. The van der Waals surface area contributed by atoms with Gasteiger partial charge in [-0.25, -0.2) is 0 Å². The Hall–Kier alpha value is -1.84. The van der Waals surface area contributed by atoms with Crippen molar-refractivity contribution in [3.05, 3.63) is 41.6 Å². The first-order valence-electron chi connectivity index (χ1n) is 5.90. The average Bonchev–Trinajstić information content (AvgIpc) is 2.97. The Kier molecular flexibility index (Phi) is 3.42. The monoisotopic (exact) mass is 232 g/mol. The number of rotatable bonds is 5. The molecule has 0 atom stereocenters. The number of hydrogen-bond donors (Lipinski definition) is 0.